The molecule has 35 heavy (non-hydrogen) atoms. The Kier molecular flexibility index (Phi) is 7.15. The first-order chi connectivity index (χ1) is 16.6. The first-order valence-corrected chi connectivity index (χ1v) is 12.0. The molecule has 190 valence electrons. The number of nitrogens with zero attached hydrogens (tertiary/aromatic N) is 3. The molecule has 0 aromatic heterocycles. The molecule has 3 fully saturated rings. The Morgan fingerprint density at radius 2 is 1.71 bits per heavy atom. The third-order valence-corrected chi connectivity index (χ3v) is 6.36. The van der Waals surface area contributed by atoms with Crippen molar-refractivity contribution in [3.05, 3.63) is 35.9 Å². The lowest BCUT2D eigenvalue weighted by Crippen LogP contribution is -2.55. The van der Waals surface area contributed by atoms with Crippen molar-refractivity contribution in [3.63, 3.8) is 0 Å². The Bertz CT molecular complexity index is 965. The predicted molar refractivity (Wildman–Crippen MR) is 124 cm³/mol. The molecule has 11 nitrogen and oxygen atoms in total. The largest absolute Gasteiger partial charge is 0.444 e. The molecule has 3 aliphatic heterocycles. The quantitative estimate of drug-likeness (QED) is 0.611. The number of benzene rings is 1. The van der Waals surface area contributed by atoms with E-state index in [2.05, 4.69) is 10.9 Å². The number of ether oxygens (including phenoxy) is 1. The second-order valence-corrected chi connectivity index (χ2v) is 10.2. The first-order valence-electron chi connectivity index (χ1n) is 12.0. The van der Waals surface area contributed by atoms with Gasteiger partial charge >= 0.3 is 12.1 Å². The maximum Gasteiger partial charge on any atom is 0.410 e. The number of fused-ring (bicyclic) bond motifs is 2. The van der Waals surface area contributed by atoms with E-state index in [0.717, 1.165) is 5.56 Å². The summed E-state index contributed by atoms with van der Waals surface area (Å²) in [5.74, 6) is -1.27. The van der Waals surface area contributed by atoms with E-state index in [0.29, 0.717) is 32.4 Å². The van der Waals surface area contributed by atoms with Crippen molar-refractivity contribution in [1.29, 1.82) is 0 Å². The molecule has 0 aliphatic carbocycles. The SMILES string of the molecule is CC(C)(C)OC(=O)N1CCC(C(=O)NNC(=O)C2CC[C@H]3CN2C(=O)N3OCc2ccccc2)C1. The Balaban J connectivity index is 1.24. The molecular formula is C24H33N5O6. The number of carbonyl (C=O) groups excluding carboxylic acids is 4. The fourth-order valence-electron chi connectivity index (χ4n) is 4.56. The zero-order chi connectivity index (χ0) is 25.2. The Hall–Kier alpha value is -3.34. The van der Waals surface area contributed by atoms with Gasteiger partial charge in [0, 0.05) is 19.6 Å². The van der Waals surface area contributed by atoms with Crippen molar-refractivity contribution in [2.24, 2.45) is 5.92 Å². The minimum absolute atomic E-state index is 0.109. The van der Waals surface area contributed by atoms with E-state index in [9.17, 15) is 19.2 Å². The van der Waals surface area contributed by atoms with E-state index in [1.54, 1.807) is 20.8 Å². The van der Waals surface area contributed by atoms with Crippen LogP contribution in [-0.2, 0) is 25.8 Å². The van der Waals surface area contributed by atoms with Gasteiger partial charge in [-0.2, -0.15) is 5.06 Å². The van der Waals surface area contributed by atoms with Crippen LogP contribution in [0.3, 0.4) is 0 Å². The van der Waals surface area contributed by atoms with Crippen LogP contribution in [0, 0.1) is 5.92 Å². The second-order valence-electron chi connectivity index (χ2n) is 10.2. The number of hydrogen-bond donors (Lipinski definition) is 2. The molecule has 5 amide bonds. The Morgan fingerprint density at radius 3 is 2.43 bits per heavy atom. The smallest absolute Gasteiger partial charge is 0.410 e. The van der Waals surface area contributed by atoms with E-state index in [1.165, 1.54) is 14.9 Å². The average Bonchev–Trinajstić information content (AvgIpc) is 3.40. The summed E-state index contributed by atoms with van der Waals surface area (Å²) in [7, 11) is 0. The lowest BCUT2D eigenvalue weighted by molar-refractivity contribution is -0.140. The van der Waals surface area contributed by atoms with Gasteiger partial charge in [-0.1, -0.05) is 30.3 Å². The number of hydroxylamine groups is 2. The summed E-state index contributed by atoms with van der Waals surface area (Å²) in [4.78, 5) is 59.2. The molecule has 1 aromatic carbocycles. The van der Waals surface area contributed by atoms with Gasteiger partial charge in [0.25, 0.3) is 5.91 Å². The van der Waals surface area contributed by atoms with Gasteiger partial charge in [0.2, 0.25) is 5.91 Å². The zero-order valence-electron chi connectivity index (χ0n) is 20.4. The fourth-order valence-corrected chi connectivity index (χ4v) is 4.56. The van der Waals surface area contributed by atoms with Crippen molar-refractivity contribution < 1.29 is 28.8 Å². The average molecular weight is 488 g/mol. The van der Waals surface area contributed by atoms with Crippen LogP contribution in [-0.4, -0.2) is 76.1 Å². The maximum atomic E-state index is 12.9. The predicted octanol–water partition coefficient (Wildman–Crippen LogP) is 1.79. The lowest BCUT2D eigenvalue weighted by Gasteiger charge is -2.29. The number of nitrogens with one attached hydrogen (secondary N) is 2. The van der Waals surface area contributed by atoms with E-state index in [1.807, 2.05) is 30.3 Å². The normalized spacial score (nSPS) is 23.9. The number of rotatable bonds is 5. The van der Waals surface area contributed by atoms with Gasteiger partial charge in [0.15, 0.2) is 0 Å². The third-order valence-electron chi connectivity index (χ3n) is 6.36. The first kappa shape index (κ1) is 24.8. The van der Waals surface area contributed by atoms with Gasteiger partial charge < -0.3 is 14.5 Å². The number of hydrazine groups is 1. The summed E-state index contributed by atoms with van der Waals surface area (Å²) in [5, 5.41) is 1.36. The molecular weight excluding hydrogens is 454 g/mol. The van der Waals surface area contributed by atoms with E-state index >= 15 is 0 Å². The molecule has 0 saturated carbocycles. The van der Waals surface area contributed by atoms with Crippen LogP contribution in [0.4, 0.5) is 9.59 Å². The molecule has 2 unspecified atom stereocenters. The number of amides is 5. The van der Waals surface area contributed by atoms with Crippen LogP contribution in [0.1, 0.15) is 45.6 Å². The van der Waals surface area contributed by atoms with Gasteiger partial charge in [-0.25, -0.2) is 9.59 Å². The molecule has 4 rings (SSSR count). The van der Waals surface area contributed by atoms with Crippen LogP contribution in [0.25, 0.3) is 0 Å². The van der Waals surface area contributed by atoms with Crippen LogP contribution >= 0.6 is 0 Å². The lowest BCUT2D eigenvalue weighted by atomic mass is 10.0. The monoisotopic (exact) mass is 487 g/mol. The van der Waals surface area contributed by atoms with Crippen LogP contribution in [0.5, 0.6) is 0 Å². The highest BCUT2D eigenvalue weighted by Crippen LogP contribution is 2.30. The summed E-state index contributed by atoms with van der Waals surface area (Å²) in [6.07, 6.45) is 1.11. The molecule has 11 heteroatoms. The minimum Gasteiger partial charge on any atom is -0.444 e. The van der Waals surface area contributed by atoms with Gasteiger partial charge in [0.1, 0.15) is 18.2 Å². The molecule has 1 aromatic rings. The number of urea groups is 1. The number of piperidine rings is 1. The van der Waals surface area contributed by atoms with Crippen molar-refractivity contribution >= 4 is 23.9 Å². The van der Waals surface area contributed by atoms with Crippen molar-refractivity contribution in [1.82, 2.24) is 25.7 Å². The van der Waals surface area contributed by atoms with E-state index in [-0.39, 0.29) is 31.1 Å². The summed E-state index contributed by atoms with van der Waals surface area (Å²) in [6, 6.07) is 8.41. The molecule has 3 heterocycles. The van der Waals surface area contributed by atoms with Gasteiger partial charge in [-0.3, -0.25) is 25.3 Å². The van der Waals surface area contributed by atoms with Gasteiger partial charge in [-0.15, -0.1) is 0 Å². The van der Waals surface area contributed by atoms with E-state index < -0.39 is 29.6 Å². The molecule has 3 saturated heterocycles. The van der Waals surface area contributed by atoms with Crippen LogP contribution in [0.15, 0.2) is 30.3 Å². The number of likely N-dealkylation sites (tertiary alicyclic amines) is 1. The topological polar surface area (TPSA) is 121 Å². The summed E-state index contributed by atoms with van der Waals surface area (Å²) < 4.78 is 5.35. The number of carbonyl (C=O) groups is 4. The fraction of sp³-hybridized carbons (Fsp3) is 0.583. The second kappa shape index (κ2) is 10.1. The van der Waals surface area contributed by atoms with Crippen molar-refractivity contribution in [3.8, 4) is 0 Å². The standard InChI is InChI=1S/C24H33N5O6/c1-24(2,3)35-23(33)27-12-11-17(13-27)20(30)25-26-21(31)19-10-9-18-14-28(19)22(32)29(18)34-15-16-7-5-4-6-8-16/h4-8,17-19H,9-15H2,1-3H3,(H,25,30)(H,26,31)/t17?,18-,19?/m0/s1. The summed E-state index contributed by atoms with van der Waals surface area (Å²) in [6.45, 7) is 6.65. The maximum absolute atomic E-state index is 12.9. The molecule has 0 spiro atoms. The Morgan fingerprint density at radius 1 is 1.00 bits per heavy atom. The van der Waals surface area contributed by atoms with Crippen LogP contribution in [0.2, 0.25) is 0 Å². The summed E-state index contributed by atoms with van der Waals surface area (Å²) >= 11 is 0. The zero-order valence-corrected chi connectivity index (χ0v) is 20.4. The molecule has 3 aliphatic rings. The van der Waals surface area contributed by atoms with Gasteiger partial charge in [0.05, 0.1) is 12.0 Å². The van der Waals surface area contributed by atoms with E-state index in [4.69, 9.17) is 9.57 Å². The van der Waals surface area contributed by atoms with Crippen molar-refractivity contribution in [2.75, 3.05) is 19.6 Å². The molecule has 0 radical (unpaired) electrons. The number of hydrogen-bond acceptors (Lipinski definition) is 6. The molecule has 2 bridgehead atoms. The highest BCUT2D eigenvalue weighted by atomic mass is 16.7. The third kappa shape index (κ3) is 5.84. The Labute approximate surface area is 204 Å². The summed E-state index contributed by atoms with van der Waals surface area (Å²) in [5.41, 5.74) is 5.26. The highest BCUT2D eigenvalue weighted by molar-refractivity contribution is 5.90. The van der Waals surface area contributed by atoms with Crippen LogP contribution < -0.4 is 10.9 Å². The highest BCUT2D eigenvalue weighted by Gasteiger charge is 2.48. The van der Waals surface area contributed by atoms with Gasteiger partial charge in [-0.05, 0) is 45.6 Å². The van der Waals surface area contributed by atoms with Crippen molar-refractivity contribution in [2.45, 2.75) is 64.3 Å². The molecule has 3 atom stereocenters. The minimum atomic E-state index is -0.689. The molecule has 2 N–H and O–H groups in total.